The molecule has 5 atom stereocenters. The topological polar surface area (TPSA) is 12.0 Å². The zero-order valence-corrected chi connectivity index (χ0v) is 11.0. The number of rotatable bonds is 2. The highest BCUT2D eigenvalue weighted by Gasteiger charge is 2.46. The molecule has 2 saturated carbocycles. The number of fused-ring (bicyclic) bond motifs is 1. The van der Waals surface area contributed by atoms with Gasteiger partial charge in [0.2, 0.25) is 0 Å². The molecule has 0 bridgehead atoms. The minimum Gasteiger partial charge on any atom is -0.311 e. The van der Waals surface area contributed by atoms with E-state index in [1.54, 1.807) is 5.56 Å². The Morgan fingerprint density at radius 1 is 0.889 bits per heavy atom. The van der Waals surface area contributed by atoms with Gasteiger partial charge in [0.1, 0.15) is 0 Å². The van der Waals surface area contributed by atoms with Crippen LogP contribution < -0.4 is 5.32 Å². The van der Waals surface area contributed by atoms with Crippen LogP contribution in [0.1, 0.15) is 50.0 Å². The lowest BCUT2D eigenvalue weighted by Gasteiger charge is -2.34. The van der Waals surface area contributed by atoms with Crippen LogP contribution in [0.2, 0.25) is 0 Å². The van der Waals surface area contributed by atoms with Gasteiger partial charge >= 0.3 is 0 Å². The Bertz CT molecular complexity index is 413. The quantitative estimate of drug-likeness (QED) is 0.832. The summed E-state index contributed by atoms with van der Waals surface area (Å²) >= 11 is 0. The van der Waals surface area contributed by atoms with Gasteiger partial charge in [-0.15, -0.1) is 0 Å². The third-order valence-electron chi connectivity index (χ3n) is 5.52. The van der Waals surface area contributed by atoms with Crippen LogP contribution >= 0.6 is 0 Å². The van der Waals surface area contributed by atoms with E-state index in [0.717, 1.165) is 29.8 Å². The van der Waals surface area contributed by atoms with Gasteiger partial charge in [-0.2, -0.15) is 0 Å². The number of piperidine rings is 1. The smallest absolute Gasteiger partial charge is 0.0104 e. The van der Waals surface area contributed by atoms with E-state index in [9.17, 15) is 0 Å². The van der Waals surface area contributed by atoms with E-state index in [2.05, 4.69) is 35.6 Å². The third-order valence-corrected chi connectivity index (χ3v) is 5.52. The van der Waals surface area contributed by atoms with Crippen LogP contribution in [0, 0.1) is 11.8 Å². The molecule has 18 heavy (non-hydrogen) atoms. The Balaban J connectivity index is 1.41. The van der Waals surface area contributed by atoms with E-state index in [-0.39, 0.29) is 0 Å². The summed E-state index contributed by atoms with van der Waals surface area (Å²) in [4.78, 5) is 0. The lowest BCUT2D eigenvalue weighted by Crippen LogP contribution is -2.46. The second-order valence-electron chi connectivity index (χ2n) is 6.56. The van der Waals surface area contributed by atoms with E-state index < -0.39 is 0 Å². The first-order valence-electron chi connectivity index (χ1n) is 7.73. The first kappa shape index (κ1) is 11.0. The van der Waals surface area contributed by atoms with Crippen molar-refractivity contribution >= 4 is 0 Å². The van der Waals surface area contributed by atoms with E-state index in [4.69, 9.17) is 0 Å². The molecule has 2 aliphatic carbocycles. The monoisotopic (exact) mass is 241 g/mol. The predicted molar refractivity (Wildman–Crippen MR) is 74.6 cm³/mol. The van der Waals surface area contributed by atoms with Gasteiger partial charge in [-0.25, -0.2) is 0 Å². The van der Waals surface area contributed by atoms with Gasteiger partial charge in [-0.1, -0.05) is 36.8 Å². The summed E-state index contributed by atoms with van der Waals surface area (Å²) in [6, 6.07) is 12.8. The molecule has 3 fully saturated rings. The first-order chi connectivity index (χ1) is 8.92. The minimum atomic E-state index is 0.814. The Hall–Kier alpha value is -0.820. The van der Waals surface area contributed by atoms with Crippen molar-refractivity contribution in [2.24, 2.45) is 11.8 Å². The predicted octanol–water partition coefficient (Wildman–Crippen LogP) is 3.71. The van der Waals surface area contributed by atoms with Gasteiger partial charge in [0, 0.05) is 12.1 Å². The highest BCUT2D eigenvalue weighted by molar-refractivity contribution is 5.27. The van der Waals surface area contributed by atoms with Crippen LogP contribution in [0.15, 0.2) is 30.3 Å². The summed E-state index contributed by atoms with van der Waals surface area (Å²) in [6.45, 7) is 0. The standard InChI is InChI=1S/C17H23N/c1-2-5-12(6-3-1)14-11-15(14)17-10-9-13-7-4-8-16(13)18-17/h1-3,5-6,13-18H,4,7-11H2. The van der Waals surface area contributed by atoms with Crippen LogP contribution in [0.4, 0.5) is 0 Å². The van der Waals surface area contributed by atoms with E-state index >= 15 is 0 Å². The van der Waals surface area contributed by atoms with Crippen molar-refractivity contribution in [1.82, 2.24) is 5.32 Å². The fourth-order valence-electron chi connectivity index (χ4n) is 4.43. The average Bonchev–Trinajstić information content (AvgIpc) is 3.10. The van der Waals surface area contributed by atoms with Crippen LogP contribution in [0.3, 0.4) is 0 Å². The molecule has 0 spiro atoms. The van der Waals surface area contributed by atoms with E-state index in [1.165, 1.54) is 38.5 Å². The second-order valence-corrected chi connectivity index (χ2v) is 6.56. The summed E-state index contributed by atoms with van der Waals surface area (Å²) < 4.78 is 0. The van der Waals surface area contributed by atoms with E-state index in [0.29, 0.717) is 0 Å². The molecule has 1 nitrogen and oxygen atoms in total. The SMILES string of the molecule is c1ccc(C2CC2C2CCC3CCCC3N2)cc1. The summed E-state index contributed by atoms with van der Waals surface area (Å²) in [5.41, 5.74) is 1.57. The van der Waals surface area contributed by atoms with Crippen molar-refractivity contribution in [2.45, 2.75) is 56.5 Å². The van der Waals surface area contributed by atoms with Crippen LogP contribution in [0.25, 0.3) is 0 Å². The molecule has 1 aromatic carbocycles. The summed E-state index contributed by atoms with van der Waals surface area (Å²) in [5.74, 6) is 2.78. The maximum atomic E-state index is 3.98. The molecule has 4 rings (SSSR count). The molecule has 3 aliphatic rings. The molecular weight excluding hydrogens is 218 g/mol. The van der Waals surface area contributed by atoms with E-state index in [1.807, 2.05) is 0 Å². The minimum absolute atomic E-state index is 0.814. The number of nitrogens with one attached hydrogen (secondary N) is 1. The van der Waals surface area contributed by atoms with Crippen molar-refractivity contribution in [3.63, 3.8) is 0 Å². The van der Waals surface area contributed by atoms with Crippen molar-refractivity contribution in [2.75, 3.05) is 0 Å². The molecule has 1 saturated heterocycles. The molecule has 1 heteroatoms. The molecule has 1 aromatic rings. The summed E-state index contributed by atoms with van der Waals surface area (Å²) in [6.07, 6.45) is 8.71. The molecule has 1 aliphatic heterocycles. The molecule has 0 radical (unpaired) electrons. The van der Waals surface area contributed by atoms with Gasteiger partial charge < -0.3 is 5.32 Å². The van der Waals surface area contributed by atoms with Crippen LogP contribution in [-0.2, 0) is 0 Å². The van der Waals surface area contributed by atoms with Gasteiger partial charge in [0.25, 0.3) is 0 Å². The zero-order chi connectivity index (χ0) is 11.9. The van der Waals surface area contributed by atoms with Crippen LogP contribution in [0.5, 0.6) is 0 Å². The molecule has 5 unspecified atom stereocenters. The molecular formula is C17H23N. The van der Waals surface area contributed by atoms with Gasteiger partial charge in [-0.05, 0) is 55.4 Å². The molecule has 1 heterocycles. The number of benzene rings is 1. The molecule has 0 amide bonds. The lowest BCUT2D eigenvalue weighted by atomic mass is 9.87. The number of hydrogen-bond acceptors (Lipinski definition) is 1. The zero-order valence-electron chi connectivity index (χ0n) is 11.0. The highest BCUT2D eigenvalue weighted by Crippen LogP contribution is 2.52. The summed E-state index contributed by atoms with van der Waals surface area (Å²) in [7, 11) is 0. The first-order valence-corrected chi connectivity index (χ1v) is 7.73. The van der Waals surface area contributed by atoms with Gasteiger partial charge in [-0.3, -0.25) is 0 Å². The average molecular weight is 241 g/mol. The molecule has 96 valence electrons. The van der Waals surface area contributed by atoms with Crippen LogP contribution in [-0.4, -0.2) is 12.1 Å². The Labute approximate surface area is 110 Å². The normalized spacial score (nSPS) is 42.6. The second kappa shape index (κ2) is 4.38. The Morgan fingerprint density at radius 2 is 1.78 bits per heavy atom. The Kier molecular flexibility index (Phi) is 2.69. The van der Waals surface area contributed by atoms with Crippen molar-refractivity contribution in [3.8, 4) is 0 Å². The maximum Gasteiger partial charge on any atom is 0.0104 e. The lowest BCUT2D eigenvalue weighted by molar-refractivity contribution is 0.240. The van der Waals surface area contributed by atoms with Gasteiger partial charge in [0.15, 0.2) is 0 Å². The molecule has 0 aromatic heterocycles. The summed E-state index contributed by atoms with van der Waals surface area (Å²) in [5, 5.41) is 3.98. The highest BCUT2D eigenvalue weighted by atomic mass is 15.0. The number of hydrogen-bond donors (Lipinski definition) is 1. The fraction of sp³-hybridized carbons (Fsp3) is 0.647. The van der Waals surface area contributed by atoms with Crippen molar-refractivity contribution in [1.29, 1.82) is 0 Å². The Morgan fingerprint density at radius 3 is 2.67 bits per heavy atom. The molecule has 1 N–H and O–H groups in total. The maximum absolute atomic E-state index is 3.98. The third kappa shape index (κ3) is 1.89. The fourth-order valence-corrected chi connectivity index (χ4v) is 4.43. The largest absolute Gasteiger partial charge is 0.311 e. The van der Waals surface area contributed by atoms with Crippen molar-refractivity contribution < 1.29 is 0 Å². The van der Waals surface area contributed by atoms with Crippen molar-refractivity contribution in [3.05, 3.63) is 35.9 Å². The van der Waals surface area contributed by atoms with Gasteiger partial charge in [0.05, 0.1) is 0 Å².